The summed E-state index contributed by atoms with van der Waals surface area (Å²) in [6, 6.07) is 12.2. The van der Waals surface area contributed by atoms with Gasteiger partial charge in [0.15, 0.2) is 0 Å². The number of benzene rings is 1. The Morgan fingerprint density at radius 3 is 2.57 bits per heavy atom. The van der Waals surface area contributed by atoms with Crippen molar-refractivity contribution in [2.75, 3.05) is 31.5 Å². The van der Waals surface area contributed by atoms with Crippen LogP contribution in [0.25, 0.3) is 0 Å². The summed E-state index contributed by atoms with van der Waals surface area (Å²) >= 11 is 1.73. The number of carbonyl (C=O) groups is 2. The highest BCUT2D eigenvalue weighted by Gasteiger charge is 2.28. The van der Waals surface area contributed by atoms with Gasteiger partial charge in [-0.15, -0.1) is 11.3 Å². The van der Waals surface area contributed by atoms with Crippen LogP contribution in [0.1, 0.15) is 53.8 Å². The maximum atomic E-state index is 13.0. The maximum Gasteiger partial charge on any atom is 0.254 e. The number of carbonyl (C=O) groups excluding carboxylic acids is 2. The smallest absolute Gasteiger partial charge is 0.254 e. The molecule has 1 aliphatic heterocycles. The zero-order chi connectivity index (χ0) is 20.8. The number of nitrogens with one attached hydrogen (secondary N) is 1. The van der Waals surface area contributed by atoms with Gasteiger partial charge in [-0.05, 0) is 55.3 Å². The van der Waals surface area contributed by atoms with Gasteiger partial charge in [0.1, 0.15) is 0 Å². The molecule has 2 fully saturated rings. The van der Waals surface area contributed by atoms with E-state index < -0.39 is 0 Å². The average Bonchev–Trinajstić information content (AvgIpc) is 3.48. The first-order valence-corrected chi connectivity index (χ1v) is 12.0. The van der Waals surface area contributed by atoms with Gasteiger partial charge in [-0.3, -0.25) is 14.5 Å². The first-order valence-electron chi connectivity index (χ1n) is 11.1. The molecule has 2 amide bonds. The molecular formula is C24H31N3O2S. The van der Waals surface area contributed by atoms with Crippen LogP contribution in [-0.4, -0.2) is 53.8 Å². The van der Waals surface area contributed by atoms with Gasteiger partial charge in [-0.1, -0.05) is 25.0 Å². The van der Waals surface area contributed by atoms with Crippen molar-refractivity contribution in [3.05, 3.63) is 52.2 Å². The van der Waals surface area contributed by atoms with Gasteiger partial charge in [0.05, 0.1) is 0 Å². The summed E-state index contributed by atoms with van der Waals surface area (Å²) in [6.07, 6.45) is 7.55. The zero-order valence-electron chi connectivity index (χ0n) is 17.5. The Morgan fingerprint density at radius 2 is 1.83 bits per heavy atom. The number of aryl methyl sites for hydroxylation is 1. The van der Waals surface area contributed by atoms with E-state index in [1.54, 1.807) is 11.3 Å². The molecule has 0 unspecified atom stereocenters. The molecule has 2 aliphatic rings. The van der Waals surface area contributed by atoms with Crippen LogP contribution in [0.15, 0.2) is 41.8 Å². The minimum absolute atomic E-state index is 0.00123. The monoisotopic (exact) mass is 425 g/mol. The molecule has 1 aliphatic carbocycles. The van der Waals surface area contributed by atoms with Crippen molar-refractivity contribution in [2.24, 2.45) is 0 Å². The van der Waals surface area contributed by atoms with E-state index in [0.717, 1.165) is 45.1 Å². The quantitative estimate of drug-likeness (QED) is 0.715. The topological polar surface area (TPSA) is 52.7 Å². The van der Waals surface area contributed by atoms with Crippen molar-refractivity contribution in [1.29, 1.82) is 0 Å². The molecule has 1 saturated carbocycles. The summed E-state index contributed by atoms with van der Waals surface area (Å²) in [7, 11) is 0. The average molecular weight is 426 g/mol. The molecule has 0 atom stereocenters. The summed E-state index contributed by atoms with van der Waals surface area (Å²) in [5.41, 5.74) is 1.35. The minimum Gasteiger partial charge on any atom is -0.336 e. The van der Waals surface area contributed by atoms with Crippen LogP contribution in [-0.2, 0) is 11.2 Å². The Hall–Kier alpha value is -2.18. The third-order valence-corrected chi connectivity index (χ3v) is 7.18. The first-order chi connectivity index (χ1) is 14.7. The number of rotatable bonds is 7. The normalized spacial score (nSPS) is 17.9. The van der Waals surface area contributed by atoms with E-state index in [0.29, 0.717) is 17.7 Å². The maximum absolute atomic E-state index is 13.0. The van der Waals surface area contributed by atoms with E-state index in [-0.39, 0.29) is 11.8 Å². The number of hydrogen-bond acceptors (Lipinski definition) is 4. The molecule has 0 radical (unpaired) electrons. The summed E-state index contributed by atoms with van der Waals surface area (Å²) in [6.45, 7) is 3.51. The third-order valence-electron chi connectivity index (χ3n) is 6.24. The van der Waals surface area contributed by atoms with Crippen molar-refractivity contribution in [3.8, 4) is 0 Å². The molecule has 1 aromatic heterocycles. The van der Waals surface area contributed by atoms with Gasteiger partial charge in [0.2, 0.25) is 5.91 Å². The molecule has 2 aromatic rings. The molecule has 1 aromatic carbocycles. The van der Waals surface area contributed by atoms with Crippen LogP contribution >= 0.6 is 11.3 Å². The van der Waals surface area contributed by atoms with Crippen LogP contribution < -0.4 is 5.32 Å². The molecule has 4 rings (SSSR count). The second kappa shape index (κ2) is 10.2. The van der Waals surface area contributed by atoms with E-state index >= 15 is 0 Å². The lowest BCUT2D eigenvalue weighted by atomic mass is 10.1. The highest BCUT2D eigenvalue weighted by atomic mass is 32.1. The molecule has 2 heterocycles. The largest absolute Gasteiger partial charge is 0.336 e. The van der Waals surface area contributed by atoms with Gasteiger partial charge in [0, 0.05) is 54.8 Å². The summed E-state index contributed by atoms with van der Waals surface area (Å²) in [5, 5.41) is 5.01. The Bertz CT molecular complexity index is 838. The molecule has 0 bridgehead atoms. The van der Waals surface area contributed by atoms with Gasteiger partial charge < -0.3 is 10.2 Å². The number of nitrogens with zero attached hydrogens (tertiary/aromatic N) is 2. The standard InChI is InChI=1S/C24H31N3O2S/c28-23(12-4-10-22-11-5-17-30-22)25-20-7-3-6-19(18-20)24(29)27-15-13-26(14-16-27)21-8-1-2-9-21/h3,5-7,11,17-18,21H,1-2,4,8-10,12-16H2,(H,25,28). The van der Waals surface area contributed by atoms with Crippen LogP contribution in [0.4, 0.5) is 5.69 Å². The zero-order valence-corrected chi connectivity index (χ0v) is 18.3. The molecule has 30 heavy (non-hydrogen) atoms. The van der Waals surface area contributed by atoms with Crippen LogP contribution in [0.3, 0.4) is 0 Å². The molecule has 0 spiro atoms. The highest BCUT2D eigenvalue weighted by molar-refractivity contribution is 7.09. The van der Waals surface area contributed by atoms with E-state index in [2.05, 4.69) is 21.7 Å². The fourth-order valence-corrected chi connectivity index (χ4v) is 5.32. The molecule has 1 N–H and O–H groups in total. The lowest BCUT2D eigenvalue weighted by Gasteiger charge is -2.38. The van der Waals surface area contributed by atoms with Crippen molar-refractivity contribution in [3.63, 3.8) is 0 Å². The summed E-state index contributed by atoms with van der Waals surface area (Å²) in [5.74, 6) is 0.0659. The van der Waals surface area contributed by atoms with Gasteiger partial charge in [-0.2, -0.15) is 0 Å². The number of thiophene rings is 1. The van der Waals surface area contributed by atoms with Crippen LogP contribution in [0.2, 0.25) is 0 Å². The van der Waals surface area contributed by atoms with Crippen LogP contribution in [0.5, 0.6) is 0 Å². The van der Waals surface area contributed by atoms with E-state index in [1.165, 1.54) is 30.6 Å². The summed E-state index contributed by atoms with van der Waals surface area (Å²) in [4.78, 5) is 31.1. The highest BCUT2D eigenvalue weighted by Crippen LogP contribution is 2.25. The molecule has 160 valence electrons. The number of hydrogen-bond donors (Lipinski definition) is 1. The second-order valence-electron chi connectivity index (χ2n) is 8.33. The molecular weight excluding hydrogens is 394 g/mol. The second-order valence-corrected chi connectivity index (χ2v) is 9.36. The van der Waals surface area contributed by atoms with Crippen molar-refractivity contribution in [2.45, 2.75) is 51.0 Å². The molecule has 6 heteroatoms. The summed E-state index contributed by atoms with van der Waals surface area (Å²) < 4.78 is 0. The van der Waals surface area contributed by atoms with Crippen LogP contribution in [0, 0.1) is 0 Å². The number of amides is 2. The molecule has 5 nitrogen and oxygen atoms in total. The Labute approximate surface area is 183 Å². The third kappa shape index (κ3) is 5.49. The minimum atomic E-state index is 0.00123. The van der Waals surface area contributed by atoms with E-state index in [1.807, 2.05) is 35.2 Å². The van der Waals surface area contributed by atoms with E-state index in [4.69, 9.17) is 0 Å². The van der Waals surface area contributed by atoms with Gasteiger partial charge in [0.25, 0.3) is 5.91 Å². The molecule has 1 saturated heterocycles. The van der Waals surface area contributed by atoms with Gasteiger partial charge >= 0.3 is 0 Å². The van der Waals surface area contributed by atoms with Crippen molar-refractivity contribution >= 4 is 28.8 Å². The predicted octanol–water partition coefficient (Wildman–Crippen LogP) is 4.41. The van der Waals surface area contributed by atoms with E-state index in [9.17, 15) is 9.59 Å². The number of piperazine rings is 1. The Kier molecular flexibility index (Phi) is 7.18. The van der Waals surface area contributed by atoms with Gasteiger partial charge in [-0.25, -0.2) is 0 Å². The SMILES string of the molecule is O=C(CCCc1cccs1)Nc1cccc(C(=O)N2CCN(C3CCCC3)CC2)c1. The Balaban J connectivity index is 1.26. The Morgan fingerprint density at radius 1 is 1.03 bits per heavy atom. The first kappa shape index (κ1) is 21.1. The fraction of sp³-hybridized carbons (Fsp3) is 0.500. The lowest BCUT2D eigenvalue weighted by molar-refractivity contribution is -0.116. The predicted molar refractivity (Wildman–Crippen MR) is 122 cm³/mol. The number of anilines is 1. The van der Waals surface area contributed by atoms with Crippen molar-refractivity contribution < 1.29 is 9.59 Å². The fourth-order valence-electron chi connectivity index (χ4n) is 4.57. The lowest BCUT2D eigenvalue weighted by Crippen LogP contribution is -2.51. The van der Waals surface area contributed by atoms with Crippen molar-refractivity contribution in [1.82, 2.24) is 9.80 Å².